The first-order chi connectivity index (χ1) is 19.9. The number of carbonyl (C=O) groups excluding carboxylic acids is 1. The lowest BCUT2D eigenvalue weighted by molar-refractivity contribution is 0.0327. The molecule has 0 aliphatic carbocycles. The van der Waals surface area contributed by atoms with Crippen LogP contribution in [0.1, 0.15) is 28.4 Å². The van der Waals surface area contributed by atoms with Crippen LogP contribution in [0.15, 0.2) is 47.4 Å². The van der Waals surface area contributed by atoms with Crippen molar-refractivity contribution in [2.24, 2.45) is 0 Å². The summed E-state index contributed by atoms with van der Waals surface area (Å²) >= 11 is 0. The Hall–Kier alpha value is -4.22. The maximum Gasteiger partial charge on any atom is 0.261 e. The van der Waals surface area contributed by atoms with Gasteiger partial charge in [0.15, 0.2) is 0 Å². The SMILES string of the molecule is COc1ccc(F)cc1C[C@H](C)Nc1cc[nH]c(=O)c1-c1nc2cc3c(cc2[nH]1)CN(CCN1CCOCC1)C3=O. The van der Waals surface area contributed by atoms with Crippen LogP contribution in [-0.2, 0) is 17.7 Å². The molecule has 4 aromatic rings. The molecular weight excluding hydrogens is 527 g/mol. The normalized spacial score (nSPS) is 16.3. The topological polar surface area (TPSA) is 116 Å². The molecule has 2 aromatic heterocycles. The average molecular weight is 561 g/mol. The molecule has 11 heteroatoms. The van der Waals surface area contributed by atoms with Crippen LogP contribution >= 0.6 is 0 Å². The highest BCUT2D eigenvalue weighted by Crippen LogP contribution is 2.30. The summed E-state index contributed by atoms with van der Waals surface area (Å²) in [4.78, 5) is 41.1. The van der Waals surface area contributed by atoms with E-state index < -0.39 is 0 Å². The first-order valence-electron chi connectivity index (χ1n) is 13.8. The molecule has 6 rings (SSSR count). The maximum atomic E-state index is 13.9. The third-order valence-electron chi connectivity index (χ3n) is 7.74. The summed E-state index contributed by atoms with van der Waals surface area (Å²) in [7, 11) is 1.55. The molecule has 10 nitrogen and oxygen atoms in total. The fraction of sp³-hybridized carbons (Fsp3) is 0.367. The molecular formula is C30H33FN6O4. The Morgan fingerprint density at radius 3 is 2.78 bits per heavy atom. The molecule has 3 N–H and O–H groups in total. The number of hydrogen-bond acceptors (Lipinski definition) is 7. The van der Waals surface area contributed by atoms with Gasteiger partial charge < -0.3 is 29.7 Å². The van der Waals surface area contributed by atoms with Crippen molar-refractivity contribution in [2.45, 2.75) is 25.9 Å². The summed E-state index contributed by atoms with van der Waals surface area (Å²) in [6.45, 7) is 7.21. The van der Waals surface area contributed by atoms with Crippen LogP contribution in [0.25, 0.3) is 22.4 Å². The summed E-state index contributed by atoms with van der Waals surface area (Å²) in [5.74, 6) is 0.671. The number of carbonyl (C=O) groups is 1. The second kappa shape index (κ2) is 11.3. The van der Waals surface area contributed by atoms with E-state index in [2.05, 4.69) is 20.2 Å². The number of nitrogens with zero attached hydrogens (tertiary/aromatic N) is 3. The summed E-state index contributed by atoms with van der Waals surface area (Å²) in [5.41, 5.74) is 4.34. The van der Waals surface area contributed by atoms with E-state index in [4.69, 9.17) is 14.5 Å². The highest BCUT2D eigenvalue weighted by Gasteiger charge is 2.29. The first-order valence-corrected chi connectivity index (χ1v) is 13.8. The van der Waals surface area contributed by atoms with Crippen molar-refractivity contribution in [2.75, 3.05) is 51.8 Å². The third-order valence-corrected chi connectivity index (χ3v) is 7.74. The molecule has 1 saturated heterocycles. The third kappa shape index (κ3) is 5.55. The van der Waals surface area contributed by atoms with Gasteiger partial charge in [0.1, 0.15) is 23.0 Å². The van der Waals surface area contributed by atoms with Crippen LogP contribution in [0.2, 0.25) is 0 Å². The number of rotatable bonds is 9. The number of ether oxygens (including phenoxy) is 2. The molecule has 2 aliphatic heterocycles. The number of fused-ring (bicyclic) bond motifs is 2. The number of halogens is 1. The Labute approximate surface area is 236 Å². The van der Waals surface area contributed by atoms with E-state index >= 15 is 0 Å². The maximum absolute atomic E-state index is 13.9. The number of benzene rings is 2. The van der Waals surface area contributed by atoms with Gasteiger partial charge in [0.05, 0.1) is 37.0 Å². The van der Waals surface area contributed by atoms with E-state index in [1.54, 1.807) is 25.4 Å². The molecule has 2 aromatic carbocycles. The van der Waals surface area contributed by atoms with Crippen LogP contribution in [0.5, 0.6) is 5.75 Å². The van der Waals surface area contributed by atoms with Gasteiger partial charge in [-0.2, -0.15) is 0 Å². The lowest BCUT2D eigenvalue weighted by Crippen LogP contribution is -2.41. The number of amides is 1. The molecule has 41 heavy (non-hydrogen) atoms. The lowest BCUT2D eigenvalue weighted by atomic mass is 10.0. The van der Waals surface area contributed by atoms with Crippen molar-refractivity contribution in [1.29, 1.82) is 0 Å². The smallest absolute Gasteiger partial charge is 0.261 e. The van der Waals surface area contributed by atoms with Gasteiger partial charge >= 0.3 is 0 Å². The van der Waals surface area contributed by atoms with Crippen molar-refractivity contribution in [3.05, 3.63) is 75.5 Å². The molecule has 1 amide bonds. The number of aromatic nitrogens is 3. The Bertz CT molecular complexity index is 1640. The van der Waals surface area contributed by atoms with E-state index in [-0.39, 0.29) is 23.3 Å². The highest BCUT2D eigenvalue weighted by atomic mass is 19.1. The van der Waals surface area contributed by atoms with Crippen LogP contribution in [0.3, 0.4) is 0 Å². The van der Waals surface area contributed by atoms with Crippen molar-refractivity contribution >= 4 is 22.6 Å². The number of methoxy groups -OCH3 is 1. The number of H-pyrrole nitrogens is 2. The van der Waals surface area contributed by atoms with Crippen molar-refractivity contribution < 1.29 is 18.7 Å². The van der Waals surface area contributed by atoms with E-state index in [9.17, 15) is 14.0 Å². The van der Waals surface area contributed by atoms with Crippen LogP contribution in [0.4, 0.5) is 10.1 Å². The molecule has 0 spiro atoms. The van der Waals surface area contributed by atoms with E-state index in [1.165, 1.54) is 12.1 Å². The first kappa shape index (κ1) is 27.0. The molecule has 2 aliphatic rings. The quantitative estimate of drug-likeness (QED) is 0.287. The number of pyridine rings is 1. The summed E-state index contributed by atoms with van der Waals surface area (Å²) in [6, 6.07) is 9.82. The van der Waals surface area contributed by atoms with Gasteiger partial charge in [0, 0.05) is 50.5 Å². The Kier molecular flexibility index (Phi) is 7.46. The van der Waals surface area contributed by atoms with Gasteiger partial charge in [-0.1, -0.05) is 0 Å². The zero-order valence-electron chi connectivity index (χ0n) is 23.1. The molecule has 0 bridgehead atoms. The number of hydrogen-bond donors (Lipinski definition) is 3. The number of anilines is 1. The van der Waals surface area contributed by atoms with Crippen molar-refractivity contribution in [3.8, 4) is 17.1 Å². The predicted molar refractivity (Wildman–Crippen MR) is 154 cm³/mol. The predicted octanol–water partition coefficient (Wildman–Crippen LogP) is 3.40. The Morgan fingerprint density at radius 2 is 1.98 bits per heavy atom. The Balaban J connectivity index is 1.22. The average Bonchev–Trinajstić information content (AvgIpc) is 3.50. The zero-order chi connectivity index (χ0) is 28.5. The van der Waals surface area contributed by atoms with Crippen molar-refractivity contribution in [3.63, 3.8) is 0 Å². The van der Waals surface area contributed by atoms with Gasteiger partial charge in [0.25, 0.3) is 11.5 Å². The van der Waals surface area contributed by atoms with E-state index in [0.717, 1.165) is 49.5 Å². The highest BCUT2D eigenvalue weighted by molar-refractivity contribution is 6.02. The molecule has 4 heterocycles. The molecule has 0 radical (unpaired) electrons. The van der Waals surface area contributed by atoms with Gasteiger partial charge in [-0.3, -0.25) is 14.5 Å². The Morgan fingerprint density at radius 1 is 1.15 bits per heavy atom. The largest absolute Gasteiger partial charge is 0.496 e. The van der Waals surface area contributed by atoms with Gasteiger partial charge in [-0.15, -0.1) is 0 Å². The number of morpholine rings is 1. The summed E-state index contributed by atoms with van der Waals surface area (Å²) in [6.07, 6.45) is 2.05. The lowest BCUT2D eigenvalue weighted by Gasteiger charge is -2.28. The second-order valence-corrected chi connectivity index (χ2v) is 10.6. The zero-order valence-corrected chi connectivity index (χ0v) is 23.1. The number of aromatic amines is 2. The molecule has 0 unspecified atom stereocenters. The van der Waals surface area contributed by atoms with E-state index in [0.29, 0.717) is 53.4 Å². The minimum Gasteiger partial charge on any atom is -0.496 e. The van der Waals surface area contributed by atoms with Crippen molar-refractivity contribution in [1.82, 2.24) is 24.8 Å². The second-order valence-electron chi connectivity index (χ2n) is 10.6. The standard InChI is InChI=1S/C30H33FN6O4/c1-18(13-19-14-21(31)3-4-26(19)40-2)33-23-5-6-32-29(38)27(23)28-34-24-15-20-17-37(8-7-36-9-11-41-12-10-36)30(39)22(20)16-25(24)35-28/h3-6,14-16,18H,7-13,17H2,1-2H3,(H,34,35)(H2,32,33,38)/t18-/m0/s1. The number of nitrogens with one attached hydrogen (secondary N) is 3. The molecule has 1 atom stereocenters. The molecule has 1 fully saturated rings. The monoisotopic (exact) mass is 560 g/mol. The minimum absolute atomic E-state index is 0.00113. The van der Waals surface area contributed by atoms with Gasteiger partial charge in [-0.25, -0.2) is 9.37 Å². The van der Waals surface area contributed by atoms with Gasteiger partial charge in [0.2, 0.25) is 0 Å². The fourth-order valence-electron chi connectivity index (χ4n) is 5.65. The summed E-state index contributed by atoms with van der Waals surface area (Å²) in [5, 5.41) is 3.38. The number of imidazole rings is 1. The fourth-order valence-corrected chi connectivity index (χ4v) is 5.65. The van der Waals surface area contributed by atoms with Crippen LogP contribution in [0, 0.1) is 5.82 Å². The minimum atomic E-state index is -0.335. The summed E-state index contributed by atoms with van der Waals surface area (Å²) < 4.78 is 24.7. The van der Waals surface area contributed by atoms with Crippen LogP contribution < -0.4 is 15.6 Å². The van der Waals surface area contributed by atoms with E-state index in [1.807, 2.05) is 24.0 Å². The molecule has 214 valence electrons. The van der Waals surface area contributed by atoms with Gasteiger partial charge in [-0.05, 0) is 60.9 Å². The molecule has 0 saturated carbocycles. The van der Waals surface area contributed by atoms with Crippen LogP contribution in [-0.4, -0.2) is 83.2 Å².